The maximum atomic E-state index is 12.4. The van der Waals surface area contributed by atoms with Gasteiger partial charge in [-0.15, -0.1) is 0 Å². The lowest BCUT2D eigenvalue weighted by molar-refractivity contribution is -0.148. The maximum Gasteiger partial charge on any atom is 0.325 e. The molecule has 0 spiro atoms. The van der Waals surface area contributed by atoms with E-state index in [0.717, 1.165) is 11.8 Å². The van der Waals surface area contributed by atoms with Crippen LogP contribution in [0.1, 0.15) is 45.0 Å². The Hall–Kier alpha value is -1.86. The topological polar surface area (TPSA) is 84.5 Å². The Morgan fingerprint density at radius 1 is 1.16 bits per heavy atom. The first-order valence-corrected chi connectivity index (χ1v) is 8.97. The molecule has 0 aliphatic carbocycles. The third-order valence-corrected chi connectivity index (χ3v) is 4.38. The Kier molecular flexibility index (Phi) is 8.12. The van der Waals surface area contributed by atoms with Gasteiger partial charge in [0.25, 0.3) is 5.91 Å². The Bertz CT molecular complexity index is 599. The zero-order valence-corrected chi connectivity index (χ0v) is 16.1. The number of nitrogens with one attached hydrogen (secondary N) is 2. The second-order valence-corrected chi connectivity index (χ2v) is 8.35. The number of hydrogen-bond donors (Lipinski definition) is 2. The molecular formula is C18H26N2O4S. The molecule has 0 heterocycles. The van der Waals surface area contributed by atoms with Crippen molar-refractivity contribution in [3.63, 3.8) is 0 Å². The Morgan fingerprint density at radius 3 is 2.28 bits per heavy atom. The van der Waals surface area contributed by atoms with Crippen LogP contribution < -0.4 is 10.9 Å². The van der Waals surface area contributed by atoms with Crippen molar-refractivity contribution in [2.75, 3.05) is 6.61 Å². The molecule has 0 radical (unpaired) electrons. The summed E-state index contributed by atoms with van der Waals surface area (Å²) in [7, 11) is 0. The molecule has 0 unspecified atom stereocenters. The Morgan fingerprint density at radius 2 is 1.76 bits per heavy atom. The number of thioether (sulfide) groups is 1. The quantitative estimate of drug-likeness (QED) is 0.570. The van der Waals surface area contributed by atoms with E-state index in [-0.39, 0.29) is 16.5 Å². The number of hydrazine groups is 1. The second-order valence-electron chi connectivity index (χ2n) is 6.52. The Balaban J connectivity index is 2.81. The van der Waals surface area contributed by atoms with E-state index in [4.69, 9.17) is 4.74 Å². The Labute approximate surface area is 153 Å². The van der Waals surface area contributed by atoms with Crippen LogP contribution in [0.2, 0.25) is 0 Å². The summed E-state index contributed by atoms with van der Waals surface area (Å²) in [5.41, 5.74) is 5.59. The summed E-state index contributed by atoms with van der Waals surface area (Å²) in [5.74, 6) is -1.64. The summed E-state index contributed by atoms with van der Waals surface area (Å²) < 4.78 is 4.76. The van der Waals surface area contributed by atoms with E-state index in [2.05, 4.69) is 10.9 Å². The predicted molar refractivity (Wildman–Crippen MR) is 99.0 cm³/mol. The van der Waals surface area contributed by atoms with E-state index in [0.29, 0.717) is 5.56 Å². The van der Waals surface area contributed by atoms with E-state index in [1.165, 1.54) is 0 Å². The van der Waals surface area contributed by atoms with Crippen molar-refractivity contribution in [3.8, 4) is 0 Å². The van der Waals surface area contributed by atoms with E-state index in [9.17, 15) is 14.4 Å². The molecule has 1 aromatic carbocycles. The van der Waals surface area contributed by atoms with Crippen LogP contribution in [-0.2, 0) is 14.3 Å². The summed E-state index contributed by atoms with van der Waals surface area (Å²) in [6, 6.07) is 7.62. The minimum absolute atomic E-state index is 0.146. The van der Waals surface area contributed by atoms with Gasteiger partial charge in [-0.25, -0.2) is 5.43 Å². The van der Waals surface area contributed by atoms with Gasteiger partial charge in [0.1, 0.15) is 6.04 Å². The number of ether oxygens (including phenoxy) is 1. The van der Waals surface area contributed by atoms with Gasteiger partial charge in [-0.1, -0.05) is 57.7 Å². The largest absolute Gasteiger partial charge is 0.465 e. The van der Waals surface area contributed by atoms with Gasteiger partial charge in [0.15, 0.2) is 5.12 Å². The van der Waals surface area contributed by atoms with Crippen LogP contribution in [0.3, 0.4) is 0 Å². The molecule has 0 aliphatic heterocycles. The summed E-state index contributed by atoms with van der Waals surface area (Å²) >= 11 is 1.16. The molecule has 2 N–H and O–H groups in total. The van der Waals surface area contributed by atoms with Crippen LogP contribution in [0.15, 0.2) is 30.3 Å². The van der Waals surface area contributed by atoms with Crippen LogP contribution >= 0.6 is 11.8 Å². The van der Waals surface area contributed by atoms with Gasteiger partial charge >= 0.3 is 5.97 Å². The van der Waals surface area contributed by atoms with E-state index in [1.807, 2.05) is 20.8 Å². The van der Waals surface area contributed by atoms with Crippen LogP contribution in [-0.4, -0.2) is 34.4 Å². The fourth-order valence-corrected chi connectivity index (χ4v) is 2.88. The molecule has 138 valence electrons. The number of hydrogen-bond acceptors (Lipinski definition) is 6. The van der Waals surface area contributed by atoms with Gasteiger partial charge in [0.05, 0.1) is 12.5 Å². The molecule has 0 aromatic heterocycles. The molecule has 1 amide bonds. The summed E-state index contributed by atoms with van der Waals surface area (Å²) in [5, 5.41) is -0.146. The maximum absolute atomic E-state index is 12.4. The van der Waals surface area contributed by atoms with E-state index in [1.54, 1.807) is 44.2 Å². The molecule has 0 aliphatic rings. The molecule has 0 fully saturated rings. The molecule has 2 atom stereocenters. The number of esters is 1. The van der Waals surface area contributed by atoms with Gasteiger partial charge in [-0.2, -0.15) is 0 Å². The van der Waals surface area contributed by atoms with E-state index < -0.39 is 23.8 Å². The standard InChI is InChI=1S/C18H26N2O4S/c1-6-24-16(22)14(12(2)17(23)25-18(3,4)5)19-20-15(21)13-10-8-7-9-11-13/h7-12,14,19H,6H2,1-5H3,(H,20,21)/t12-,14-/m1/s1. The first-order valence-electron chi connectivity index (χ1n) is 8.16. The lowest BCUT2D eigenvalue weighted by Gasteiger charge is -2.25. The summed E-state index contributed by atoms with van der Waals surface area (Å²) in [6.07, 6.45) is 0. The van der Waals surface area contributed by atoms with Crippen molar-refractivity contribution in [2.24, 2.45) is 5.92 Å². The van der Waals surface area contributed by atoms with Gasteiger partial charge < -0.3 is 4.74 Å². The van der Waals surface area contributed by atoms with Gasteiger partial charge in [0, 0.05) is 10.3 Å². The highest BCUT2D eigenvalue weighted by Crippen LogP contribution is 2.28. The number of carbonyl (C=O) groups excluding carboxylic acids is 3. The molecular weight excluding hydrogens is 340 g/mol. The predicted octanol–water partition coefficient (Wildman–Crippen LogP) is 2.55. The van der Waals surface area contributed by atoms with E-state index >= 15 is 0 Å². The highest BCUT2D eigenvalue weighted by Gasteiger charge is 2.34. The monoisotopic (exact) mass is 366 g/mol. The third kappa shape index (κ3) is 7.27. The van der Waals surface area contributed by atoms with Crippen molar-refractivity contribution in [1.29, 1.82) is 0 Å². The molecule has 25 heavy (non-hydrogen) atoms. The molecule has 0 saturated carbocycles. The van der Waals surface area contributed by atoms with Crippen LogP contribution in [0.4, 0.5) is 0 Å². The lowest BCUT2D eigenvalue weighted by atomic mass is 10.0. The first-order chi connectivity index (χ1) is 11.7. The van der Waals surface area contributed by atoms with Crippen LogP contribution in [0, 0.1) is 5.92 Å². The highest BCUT2D eigenvalue weighted by atomic mass is 32.2. The average Bonchev–Trinajstić information content (AvgIpc) is 2.54. The average molecular weight is 366 g/mol. The fourth-order valence-electron chi connectivity index (χ4n) is 1.96. The molecule has 0 bridgehead atoms. The normalized spacial score (nSPS) is 13.6. The number of benzene rings is 1. The molecule has 6 nitrogen and oxygen atoms in total. The fraction of sp³-hybridized carbons (Fsp3) is 0.500. The van der Waals surface area contributed by atoms with Crippen molar-refractivity contribution in [2.45, 2.75) is 45.4 Å². The van der Waals surface area contributed by atoms with Gasteiger partial charge in [-0.05, 0) is 19.1 Å². The number of amides is 1. The molecule has 1 rings (SSSR count). The van der Waals surface area contributed by atoms with Crippen LogP contribution in [0.25, 0.3) is 0 Å². The zero-order chi connectivity index (χ0) is 19.0. The number of rotatable bonds is 7. The van der Waals surface area contributed by atoms with Crippen molar-refractivity contribution in [3.05, 3.63) is 35.9 Å². The molecule has 1 aromatic rings. The molecule has 0 saturated heterocycles. The number of carbonyl (C=O) groups is 3. The zero-order valence-electron chi connectivity index (χ0n) is 15.3. The van der Waals surface area contributed by atoms with Gasteiger partial charge in [-0.3, -0.25) is 19.8 Å². The smallest absolute Gasteiger partial charge is 0.325 e. The lowest BCUT2D eigenvalue weighted by Crippen LogP contribution is -2.53. The van der Waals surface area contributed by atoms with Crippen LogP contribution in [0.5, 0.6) is 0 Å². The highest BCUT2D eigenvalue weighted by molar-refractivity contribution is 8.14. The second kappa shape index (κ2) is 9.58. The minimum atomic E-state index is -0.963. The summed E-state index contributed by atoms with van der Waals surface area (Å²) in [6.45, 7) is 9.29. The van der Waals surface area contributed by atoms with Crippen molar-refractivity contribution in [1.82, 2.24) is 10.9 Å². The third-order valence-electron chi connectivity index (χ3n) is 3.20. The summed E-state index contributed by atoms with van der Waals surface area (Å²) in [4.78, 5) is 36.8. The SMILES string of the molecule is CCOC(=O)[C@H](NNC(=O)c1ccccc1)[C@@H](C)C(=O)SC(C)(C)C. The minimum Gasteiger partial charge on any atom is -0.465 e. The van der Waals surface area contributed by atoms with Crippen molar-refractivity contribution >= 4 is 28.8 Å². The van der Waals surface area contributed by atoms with Crippen molar-refractivity contribution < 1.29 is 19.1 Å². The van der Waals surface area contributed by atoms with Gasteiger partial charge in [0.2, 0.25) is 0 Å². The first kappa shape index (κ1) is 21.2. The molecule has 7 heteroatoms.